The molecule has 1 amide bonds. The van der Waals surface area contributed by atoms with Crippen LogP contribution >= 0.6 is 0 Å². The molecule has 1 aromatic rings. The summed E-state index contributed by atoms with van der Waals surface area (Å²) in [6, 6.07) is 0.794. The molecule has 8 nitrogen and oxygen atoms in total. The van der Waals surface area contributed by atoms with Crippen LogP contribution in [-0.2, 0) is 9.59 Å². The summed E-state index contributed by atoms with van der Waals surface area (Å²) in [4.78, 5) is 24.4. The van der Waals surface area contributed by atoms with Gasteiger partial charge in [-0.1, -0.05) is 19.0 Å². The Labute approximate surface area is 121 Å². The average Bonchev–Trinajstić information content (AvgIpc) is 2.96. The van der Waals surface area contributed by atoms with Gasteiger partial charge in [0.05, 0.1) is 18.3 Å². The van der Waals surface area contributed by atoms with Crippen LogP contribution in [0.2, 0.25) is 0 Å². The van der Waals surface area contributed by atoms with Gasteiger partial charge in [-0.25, -0.2) is 0 Å². The number of carbonyl (C=O) groups is 2. The van der Waals surface area contributed by atoms with Gasteiger partial charge in [0.25, 0.3) is 0 Å². The Balaban J connectivity index is 1.93. The van der Waals surface area contributed by atoms with E-state index in [2.05, 4.69) is 10.5 Å². The summed E-state index contributed by atoms with van der Waals surface area (Å²) in [5, 5.41) is 24.9. The molecular weight excluding hydrogens is 278 g/mol. The first kappa shape index (κ1) is 15.5. The highest BCUT2D eigenvalue weighted by molar-refractivity contribution is 5.91. The zero-order chi connectivity index (χ0) is 15.6. The number of aliphatic hydroxyl groups is 1. The molecule has 2 unspecified atom stereocenters. The van der Waals surface area contributed by atoms with E-state index in [1.807, 2.05) is 13.8 Å². The van der Waals surface area contributed by atoms with E-state index in [-0.39, 0.29) is 31.3 Å². The third-order valence-electron chi connectivity index (χ3n) is 3.40. The van der Waals surface area contributed by atoms with Crippen molar-refractivity contribution >= 4 is 17.8 Å². The van der Waals surface area contributed by atoms with E-state index < -0.39 is 24.0 Å². The van der Waals surface area contributed by atoms with Crippen molar-refractivity contribution < 1.29 is 24.3 Å². The molecule has 0 aromatic carbocycles. The van der Waals surface area contributed by atoms with Gasteiger partial charge < -0.3 is 14.7 Å². The largest absolute Gasteiger partial charge is 0.480 e. The fraction of sp³-hybridized carbons (Fsp3) is 0.615. The van der Waals surface area contributed by atoms with Crippen LogP contribution in [0.25, 0.3) is 0 Å². The lowest BCUT2D eigenvalue weighted by Crippen LogP contribution is -2.41. The van der Waals surface area contributed by atoms with Crippen molar-refractivity contribution in [1.29, 1.82) is 0 Å². The predicted octanol–water partition coefficient (Wildman–Crippen LogP) is 0.256. The Morgan fingerprint density at radius 2 is 2.29 bits per heavy atom. The molecule has 0 spiro atoms. The number of likely N-dealkylation sites (tertiary alicyclic amines) is 1. The van der Waals surface area contributed by atoms with Crippen molar-refractivity contribution in [3.05, 3.63) is 11.8 Å². The number of aliphatic carboxylic acids is 1. The third-order valence-corrected chi connectivity index (χ3v) is 3.40. The zero-order valence-electron chi connectivity index (χ0n) is 11.9. The van der Waals surface area contributed by atoms with Crippen molar-refractivity contribution in [3.8, 4) is 0 Å². The number of nitrogens with one attached hydrogen (secondary N) is 1. The van der Waals surface area contributed by atoms with Crippen molar-refractivity contribution in [3.63, 3.8) is 0 Å². The smallest absolute Gasteiger partial charge is 0.321 e. The standard InChI is InChI=1S/C13H19N3O5/c1-7(2)9-4-12(21-15-9)14-11(18)6-16-5-8(17)3-10(16)13(19)20/h4,7-8,10,17H,3,5-6H2,1-2H3,(H,14,18)(H,19,20). The maximum Gasteiger partial charge on any atom is 0.321 e. The first-order valence-corrected chi connectivity index (χ1v) is 6.78. The molecule has 2 rings (SSSR count). The Morgan fingerprint density at radius 3 is 2.86 bits per heavy atom. The van der Waals surface area contributed by atoms with E-state index in [1.54, 1.807) is 6.07 Å². The van der Waals surface area contributed by atoms with Gasteiger partial charge in [0.15, 0.2) is 0 Å². The molecule has 0 radical (unpaired) electrons. The van der Waals surface area contributed by atoms with Crippen LogP contribution in [0.4, 0.5) is 5.88 Å². The summed E-state index contributed by atoms with van der Waals surface area (Å²) in [7, 11) is 0. The number of rotatable bonds is 5. The molecule has 116 valence electrons. The van der Waals surface area contributed by atoms with Crippen LogP contribution < -0.4 is 5.32 Å². The normalized spacial score (nSPS) is 22.7. The minimum Gasteiger partial charge on any atom is -0.480 e. The summed E-state index contributed by atoms with van der Waals surface area (Å²) in [5.74, 6) is -1.03. The molecule has 1 aromatic heterocycles. The van der Waals surface area contributed by atoms with Crippen molar-refractivity contribution in [1.82, 2.24) is 10.1 Å². The lowest BCUT2D eigenvalue weighted by Gasteiger charge is -2.19. The number of aliphatic hydroxyl groups excluding tert-OH is 1. The summed E-state index contributed by atoms with van der Waals surface area (Å²) in [6.07, 6.45) is -0.598. The molecule has 0 aliphatic carbocycles. The van der Waals surface area contributed by atoms with E-state index in [9.17, 15) is 14.7 Å². The van der Waals surface area contributed by atoms with E-state index in [1.165, 1.54) is 4.90 Å². The maximum atomic E-state index is 11.9. The highest BCUT2D eigenvalue weighted by Gasteiger charge is 2.36. The molecule has 0 bridgehead atoms. The monoisotopic (exact) mass is 297 g/mol. The number of anilines is 1. The second kappa shape index (κ2) is 6.23. The molecular formula is C13H19N3O5. The first-order valence-electron chi connectivity index (χ1n) is 6.78. The Bertz CT molecular complexity index is 528. The SMILES string of the molecule is CC(C)c1cc(NC(=O)CN2CC(O)CC2C(=O)O)on1. The number of carboxylic acid groups (broad SMARTS) is 1. The Morgan fingerprint density at radius 1 is 1.57 bits per heavy atom. The molecule has 1 aliphatic rings. The number of carboxylic acids is 1. The average molecular weight is 297 g/mol. The van der Waals surface area contributed by atoms with Gasteiger partial charge in [-0.3, -0.25) is 19.8 Å². The van der Waals surface area contributed by atoms with Gasteiger partial charge in [0, 0.05) is 19.0 Å². The van der Waals surface area contributed by atoms with E-state index in [4.69, 9.17) is 9.63 Å². The lowest BCUT2D eigenvalue weighted by atomic mass is 10.1. The molecule has 21 heavy (non-hydrogen) atoms. The van der Waals surface area contributed by atoms with Crippen LogP contribution in [0.15, 0.2) is 10.6 Å². The van der Waals surface area contributed by atoms with Gasteiger partial charge >= 0.3 is 5.97 Å². The van der Waals surface area contributed by atoms with E-state index in [0.717, 1.165) is 5.69 Å². The molecule has 2 atom stereocenters. The minimum atomic E-state index is -1.04. The number of hydrogen-bond acceptors (Lipinski definition) is 6. The fourth-order valence-electron chi connectivity index (χ4n) is 2.29. The number of β-amino-alcohol motifs (C(OH)–C–C–N with tert-alkyl or cyclic N) is 1. The minimum absolute atomic E-state index is 0.119. The van der Waals surface area contributed by atoms with Gasteiger partial charge in [-0.05, 0) is 5.92 Å². The second-order valence-electron chi connectivity index (χ2n) is 5.49. The first-order chi connectivity index (χ1) is 9.86. The molecule has 1 aliphatic heterocycles. The summed E-state index contributed by atoms with van der Waals surface area (Å²) in [5.41, 5.74) is 0.727. The number of nitrogens with zero attached hydrogens (tertiary/aromatic N) is 2. The molecule has 1 fully saturated rings. The van der Waals surface area contributed by atoms with Gasteiger partial charge in [-0.2, -0.15) is 0 Å². The Kier molecular flexibility index (Phi) is 4.59. The Hall–Kier alpha value is -1.93. The molecule has 3 N–H and O–H groups in total. The quantitative estimate of drug-likeness (QED) is 0.713. The number of aromatic nitrogens is 1. The molecule has 1 saturated heterocycles. The number of hydrogen-bond donors (Lipinski definition) is 3. The zero-order valence-corrected chi connectivity index (χ0v) is 11.9. The topological polar surface area (TPSA) is 116 Å². The van der Waals surface area contributed by atoms with E-state index in [0.29, 0.717) is 0 Å². The van der Waals surface area contributed by atoms with Crippen LogP contribution in [0.1, 0.15) is 31.9 Å². The van der Waals surface area contributed by atoms with Crippen molar-refractivity contribution in [2.24, 2.45) is 0 Å². The van der Waals surface area contributed by atoms with Gasteiger partial charge in [-0.15, -0.1) is 0 Å². The third kappa shape index (κ3) is 3.79. The summed E-state index contributed by atoms with van der Waals surface area (Å²) in [6.45, 7) is 3.95. The van der Waals surface area contributed by atoms with E-state index >= 15 is 0 Å². The van der Waals surface area contributed by atoms with Crippen LogP contribution in [0.3, 0.4) is 0 Å². The predicted molar refractivity (Wildman–Crippen MR) is 72.8 cm³/mol. The number of amides is 1. The highest BCUT2D eigenvalue weighted by atomic mass is 16.5. The van der Waals surface area contributed by atoms with Crippen molar-refractivity contribution in [2.45, 2.75) is 38.3 Å². The molecule has 0 saturated carbocycles. The van der Waals surface area contributed by atoms with Gasteiger partial charge in [0.2, 0.25) is 11.8 Å². The lowest BCUT2D eigenvalue weighted by molar-refractivity contribution is -0.142. The fourth-order valence-corrected chi connectivity index (χ4v) is 2.29. The van der Waals surface area contributed by atoms with Crippen LogP contribution in [0, 0.1) is 0 Å². The number of carbonyl (C=O) groups excluding carboxylic acids is 1. The molecule has 8 heteroatoms. The second-order valence-corrected chi connectivity index (χ2v) is 5.49. The molecule has 2 heterocycles. The summed E-state index contributed by atoms with van der Waals surface area (Å²) >= 11 is 0. The summed E-state index contributed by atoms with van der Waals surface area (Å²) < 4.78 is 4.99. The van der Waals surface area contributed by atoms with Crippen LogP contribution in [0.5, 0.6) is 0 Å². The van der Waals surface area contributed by atoms with Gasteiger partial charge in [0.1, 0.15) is 6.04 Å². The maximum absolute atomic E-state index is 11.9. The highest BCUT2D eigenvalue weighted by Crippen LogP contribution is 2.19. The van der Waals surface area contributed by atoms with Crippen molar-refractivity contribution in [2.75, 3.05) is 18.4 Å². The van der Waals surface area contributed by atoms with Crippen LogP contribution in [-0.4, -0.2) is 57.4 Å².